The average Bonchev–Trinajstić information content (AvgIpc) is 2.31. The van der Waals surface area contributed by atoms with Crippen LogP contribution in [0.1, 0.15) is 5.56 Å². The van der Waals surface area contributed by atoms with Crippen LogP contribution >= 0.6 is 0 Å². The molecule has 0 spiro atoms. The van der Waals surface area contributed by atoms with Gasteiger partial charge in [-0.25, -0.2) is 0 Å². The van der Waals surface area contributed by atoms with Crippen LogP contribution in [-0.4, -0.2) is 13.1 Å². The summed E-state index contributed by atoms with van der Waals surface area (Å²) in [4.78, 5) is 0. The number of alkyl halides is 4. The Balaban J connectivity index is 2.54. The van der Waals surface area contributed by atoms with Crippen molar-refractivity contribution in [1.82, 2.24) is 0 Å². The summed E-state index contributed by atoms with van der Waals surface area (Å²) in [6, 6.07) is 0.794. The first-order chi connectivity index (χ1) is 7.56. The molecule has 0 amide bonds. The zero-order valence-corrected chi connectivity index (χ0v) is 7.86. The molecule has 0 saturated carbocycles. The molecule has 17 heavy (non-hydrogen) atoms. The number of rotatable bonds is 1. The normalized spacial score (nSPS) is 20.9. The molecule has 0 aromatic heterocycles. The van der Waals surface area contributed by atoms with E-state index in [9.17, 15) is 30.5 Å². The molecule has 0 aliphatic carbocycles. The standard InChI is InChI=1S/C8H3BF7O/c10-7(11)5-2-1-4(9(14,15)16)3-6(5)17-8(7,12)13/h1-3H/q-1. The van der Waals surface area contributed by atoms with Crippen molar-refractivity contribution in [2.24, 2.45) is 0 Å². The fraction of sp³-hybridized carbons (Fsp3) is 0.250. The highest BCUT2D eigenvalue weighted by Crippen LogP contribution is 2.52. The van der Waals surface area contributed by atoms with Crippen molar-refractivity contribution in [2.75, 3.05) is 0 Å². The van der Waals surface area contributed by atoms with Gasteiger partial charge in [-0.3, -0.25) is 0 Å². The van der Waals surface area contributed by atoms with Gasteiger partial charge in [-0.15, -0.1) is 5.46 Å². The van der Waals surface area contributed by atoms with Crippen LogP contribution in [0.3, 0.4) is 0 Å². The van der Waals surface area contributed by atoms with Gasteiger partial charge >= 0.3 is 19.0 Å². The van der Waals surface area contributed by atoms with Gasteiger partial charge < -0.3 is 17.7 Å². The molecule has 0 saturated heterocycles. The van der Waals surface area contributed by atoms with Crippen LogP contribution in [0.5, 0.6) is 5.75 Å². The van der Waals surface area contributed by atoms with E-state index in [0.29, 0.717) is 12.1 Å². The lowest BCUT2D eigenvalue weighted by molar-refractivity contribution is -0.296. The van der Waals surface area contributed by atoms with E-state index in [1.165, 1.54) is 0 Å². The summed E-state index contributed by atoms with van der Waals surface area (Å²) in [5.41, 5.74) is -2.51. The molecule has 1 aromatic rings. The molecule has 94 valence electrons. The molecule has 0 bridgehead atoms. The van der Waals surface area contributed by atoms with Crippen LogP contribution in [-0.2, 0) is 5.92 Å². The van der Waals surface area contributed by atoms with Crippen LogP contribution in [0.4, 0.5) is 30.5 Å². The van der Waals surface area contributed by atoms with Crippen molar-refractivity contribution < 1.29 is 35.2 Å². The highest BCUT2D eigenvalue weighted by atomic mass is 19.4. The lowest BCUT2D eigenvalue weighted by Gasteiger charge is -2.16. The van der Waals surface area contributed by atoms with Gasteiger partial charge in [0.05, 0.1) is 5.56 Å². The molecule has 0 atom stereocenters. The molecular weight excluding hydrogens is 256 g/mol. The highest BCUT2D eigenvalue weighted by molar-refractivity contribution is 6.73. The molecule has 9 heteroatoms. The summed E-state index contributed by atoms with van der Waals surface area (Å²) >= 11 is 0. The van der Waals surface area contributed by atoms with Crippen LogP contribution in [0.15, 0.2) is 18.2 Å². The Bertz CT molecular complexity index is 467. The van der Waals surface area contributed by atoms with Gasteiger partial charge in [-0.1, -0.05) is 12.1 Å². The number of benzene rings is 1. The summed E-state index contributed by atoms with van der Waals surface area (Å²) in [5, 5.41) is 0. The lowest BCUT2D eigenvalue weighted by atomic mass is 9.79. The maximum Gasteiger partial charge on any atom is 0.509 e. The predicted molar refractivity (Wildman–Crippen MR) is 44.6 cm³/mol. The van der Waals surface area contributed by atoms with E-state index in [-0.39, 0.29) is 6.07 Å². The quantitative estimate of drug-likeness (QED) is 0.556. The molecule has 0 unspecified atom stereocenters. The molecule has 1 heterocycles. The molecule has 1 aromatic carbocycles. The van der Waals surface area contributed by atoms with E-state index in [2.05, 4.69) is 4.74 Å². The highest BCUT2D eigenvalue weighted by Gasteiger charge is 2.66. The third-order valence-corrected chi connectivity index (χ3v) is 2.33. The van der Waals surface area contributed by atoms with Crippen LogP contribution < -0.4 is 10.2 Å². The van der Waals surface area contributed by atoms with Gasteiger partial charge in [-0.05, 0) is 6.07 Å². The van der Waals surface area contributed by atoms with Crippen molar-refractivity contribution in [1.29, 1.82) is 0 Å². The largest absolute Gasteiger partial charge is 0.509 e. The molecule has 0 fully saturated rings. The molecular formula is C8H3BF7O-. The summed E-state index contributed by atoms with van der Waals surface area (Å²) in [5.74, 6) is -5.77. The SMILES string of the molecule is F[B-](F)(F)c1ccc2c(c1)OC(F)(F)C2(F)F. The first-order valence-corrected chi connectivity index (χ1v) is 4.35. The minimum Gasteiger partial charge on any atom is -0.445 e. The lowest BCUT2D eigenvalue weighted by Crippen LogP contribution is -2.36. The molecule has 1 nitrogen and oxygen atoms in total. The van der Waals surface area contributed by atoms with Crippen LogP contribution in [0.25, 0.3) is 0 Å². The van der Waals surface area contributed by atoms with Gasteiger partial charge in [0, 0.05) is 0 Å². The molecule has 1 aliphatic heterocycles. The van der Waals surface area contributed by atoms with Gasteiger partial charge in [0.2, 0.25) is 0 Å². The molecule has 2 rings (SSSR count). The van der Waals surface area contributed by atoms with Crippen molar-refractivity contribution in [2.45, 2.75) is 12.0 Å². The summed E-state index contributed by atoms with van der Waals surface area (Å²) in [7, 11) is 0. The minimum absolute atomic E-state index is 0.157. The van der Waals surface area contributed by atoms with Gasteiger partial charge in [-0.2, -0.15) is 17.6 Å². The van der Waals surface area contributed by atoms with Crippen molar-refractivity contribution in [3.63, 3.8) is 0 Å². The van der Waals surface area contributed by atoms with Crippen molar-refractivity contribution in [3.05, 3.63) is 23.8 Å². The second-order valence-electron chi connectivity index (χ2n) is 3.52. The maximum absolute atomic E-state index is 13.0. The number of halogens is 7. The third kappa shape index (κ3) is 1.64. The Hall–Kier alpha value is -1.41. The Morgan fingerprint density at radius 2 is 1.59 bits per heavy atom. The number of hydrogen-bond acceptors (Lipinski definition) is 1. The van der Waals surface area contributed by atoms with Gasteiger partial charge in [0.15, 0.2) is 0 Å². The minimum atomic E-state index is -5.46. The fourth-order valence-electron chi connectivity index (χ4n) is 1.45. The Labute approximate surface area is 90.2 Å². The Morgan fingerprint density at radius 1 is 1.00 bits per heavy atom. The van der Waals surface area contributed by atoms with Crippen molar-refractivity contribution in [3.8, 4) is 5.75 Å². The van der Waals surface area contributed by atoms with Crippen LogP contribution in [0, 0.1) is 0 Å². The fourth-order valence-corrected chi connectivity index (χ4v) is 1.45. The second kappa shape index (κ2) is 3.08. The zero-order valence-electron chi connectivity index (χ0n) is 7.86. The topological polar surface area (TPSA) is 9.23 Å². The third-order valence-electron chi connectivity index (χ3n) is 2.33. The monoisotopic (exact) mass is 259 g/mol. The van der Waals surface area contributed by atoms with E-state index in [0.717, 1.165) is 0 Å². The van der Waals surface area contributed by atoms with Gasteiger partial charge in [0.25, 0.3) is 0 Å². The van der Waals surface area contributed by atoms with E-state index < -0.39 is 35.8 Å². The Kier molecular flexibility index (Phi) is 2.19. The average molecular weight is 259 g/mol. The first kappa shape index (κ1) is 12.1. The second-order valence-corrected chi connectivity index (χ2v) is 3.52. The Morgan fingerprint density at radius 3 is 2.12 bits per heavy atom. The van der Waals surface area contributed by atoms with E-state index in [1.807, 2.05) is 0 Å². The van der Waals surface area contributed by atoms with E-state index in [4.69, 9.17) is 0 Å². The van der Waals surface area contributed by atoms with E-state index >= 15 is 0 Å². The summed E-state index contributed by atoms with van der Waals surface area (Å²) < 4.78 is 91.8. The van der Waals surface area contributed by atoms with Crippen molar-refractivity contribution >= 4 is 12.4 Å². The summed E-state index contributed by atoms with van der Waals surface area (Å²) in [6.45, 7) is -5.46. The van der Waals surface area contributed by atoms with Gasteiger partial charge in [0.1, 0.15) is 5.75 Å². The zero-order chi connectivity index (χ0) is 13.1. The number of fused-ring (bicyclic) bond motifs is 1. The predicted octanol–water partition coefficient (Wildman–Crippen LogP) is 2.82. The van der Waals surface area contributed by atoms with Crippen LogP contribution in [0.2, 0.25) is 0 Å². The first-order valence-electron chi connectivity index (χ1n) is 4.35. The maximum atomic E-state index is 13.0. The molecule has 1 aliphatic rings. The van der Waals surface area contributed by atoms with E-state index in [1.54, 1.807) is 0 Å². The number of ether oxygens (including phenoxy) is 1. The molecule has 0 N–H and O–H groups in total. The summed E-state index contributed by atoms with van der Waals surface area (Å²) in [6.07, 6.45) is -4.83. The smallest absolute Gasteiger partial charge is 0.445 e. The molecule has 0 radical (unpaired) electrons. The number of hydrogen-bond donors (Lipinski definition) is 0.